The quantitative estimate of drug-likeness (QED) is 0.420. The van der Waals surface area contributed by atoms with Crippen LogP contribution in [0.1, 0.15) is 0 Å². The SMILES string of the molecule is N[C@@H](CS[As](O)O)C(=O)O. The Labute approximate surface area is 66.2 Å². The van der Waals surface area contributed by atoms with Crippen LogP contribution in [0.25, 0.3) is 0 Å². The second kappa shape index (κ2) is 4.98. The van der Waals surface area contributed by atoms with E-state index in [1.807, 2.05) is 0 Å². The number of carboxylic acids is 1. The van der Waals surface area contributed by atoms with E-state index in [2.05, 4.69) is 0 Å². The molecule has 0 spiro atoms. The van der Waals surface area contributed by atoms with Crippen LogP contribution in [0.5, 0.6) is 0 Å². The number of hydrogen-bond donors (Lipinski definition) is 4. The van der Waals surface area contributed by atoms with Crippen molar-refractivity contribution in [1.82, 2.24) is 0 Å². The van der Waals surface area contributed by atoms with Crippen LogP contribution >= 0.6 is 10.0 Å². The summed E-state index contributed by atoms with van der Waals surface area (Å²) in [6.07, 6.45) is 0. The first-order valence-electron chi connectivity index (χ1n) is 2.33. The topological polar surface area (TPSA) is 104 Å². The van der Waals surface area contributed by atoms with Crippen molar-refractivity contribution in [3.8, 4) is 0 Å². The fourth-order valence-corrected chi connectivity index (χ4v) is 2.50. The molecule has 0 saturated heterocycles. The van der Waals surface area contributed by atoms with Gasteiger partial charge in [-0.05, 0) is 0 Å². The first-order valence-corrected chi connectivity index (χ1v) is 7.25. The molecule has 0 bridgehead atoms. The second-order valence-electron chi connectivity index (χ2n) is 1.49. The molecule has 0 radical (unpaired) electrons. The van der Waals surface area contributed by atoms with Crippen molar-refractivity contribution in [2.45, 2.75) is 6.04 Å². The van der Waals surface area contributed by atoms with Gasteiger partial charge in [-0.2, -0.15) is 0 Å². The minimum atomic E-state index is -2.75. The Balaban J connectivity index is 3.40. The van der Waals surface area contributed by atoms with E-state index >= 15 is 0 Å². The van der Waals surface area contributed by atoms with E-state index in [1.54, 1.807) is 0 Å². The van der Waals surface area contributed by atoms with E-state index in [1.165, 1.54) is 0 Å². The van der Waals surface area contributed by atoms with Crippen LogP contribution < -0.4 is 5.73 Å². The van der Waals surface area contributed by atoms with Gasteiger partial charge in [0.1, 0.15) is 0 Å². The Morgan fingerprint density at radius 1 is 1.70 bits per heavy atom. The molecular formula is C3H8AsNO4S. The Morgan fingerprint density at radius 3 is 2.50 bits per heavy atom. The Morgan fingerprint density at radius 2 is 2.20 bits per heavy atom. The monoisotopic (exact) mass is 229 g/mol. The van der Waals surface area contributed by atoms with Crippen LogP contribution in [-0.2, 0) is 4.79 Å². The van der Waals surface area contributed by atoms with Crippen LogP contribution in [0, 0.1) is 0 Å². The normalized spacial score (nSPS) is 13.6. The molecule has 0 aliphatic carbocycles. The number of carbonyl (C=O) groups is 1. The Kier molecular flexibility index (Phi) is 5.11. The average Bonchev–Trinajstić information content (AvgIpc) is 1.82. The number of nitrogens with two attached hydrogens (primary N) is 1. The van der Waals surface area contributed by atoms with Gasteiger partial charge in [-0.15, -0.1) is 0 Å². The summed E-state index contributed by atoms with van der Waals surface area (Å²) < 4.78 is 16.8. The van der Waals surface area contributed by atoms with Gasteiger partial charge in [0.05, 0.1) is 0 Å². The van der Waals surface area contributed by atoms with Crippen molar-refractivity contribution in [3.63, 3.8) is 0 Å². The molecule has 0 amide bonds. The van der Waals surface area contributed by atoms with Crippen LogP contribution in [0.4, 0.5) is 0 Å². The molecule has 0 unspecified atom stereocenters. The summed E-state index contributed by atoms with van der Waals surface area (Å²) in [4.78, 5) is 10.0. The summed E-state index contributed by atoms with van der Waals surface area (Å²) >= 11 is -2.75. The van der Waals surface area contributed by atoms with Gasteiger partial charge in [-0.25, -0.2) is 0 Å². The molecule has 0 rings (SSSR count). The predicted molar refractivity (Wildman–Crippen MR) is 38.3 cm³/mol. The molecule has 0 heterocycles. The summed E-state index contributed by atoms with van der Waals surface area (Å²) in [5.41, 5.74) is 5.05. The molecule has 10 heavy (non-hydrogen) atoms. The van der Waals surface area contributed by atoms with Gasteiger partial charge in [-0.1, -0.05) is 0 Å². The van der Waals surface area contributed by atoms with Gasteiger partial charge in [-0.3, -0.25) is 0 Å². The fourth-order valence-electron chi connectivity index (χ4n) is 0.218. The molecule has 0 aliphatic rings. The molecule has 5 nitrogen and oxygen atoms in total. The van der Waals surface area contributed by atoms with E-state index in [9.17, 15) is 4.79 Å². The van der Waals surface area contributed by atoms with Crippen LogP contribution in [0.2, 0.25) is 0 Å². The third-order valence-electron chi connectivity index (χ3n) is 0.687. The summed E-state index contributed by atoms with van der Waals surface area (Å²) in [5, 5.41) is 8.21. The molecule has 60 valence electrons. The van der Waals surface area contributed by atoms with Crippen molar-refractivity contribution in [2.24, 2.45) is 5.73 Å². The van der Waals surface area contributed by atoms with Gasteiger partial charge in [0.25, 0.3) is 0 Å². The minimum absolute atomic E-state index is 0.0579. The second-order valence-corrected chi connectivity index (χ2v) is 6.47. The Hall–Kier alpha value is 0.258. The maximum atomic E-state index is 10.0. The van der Waals surface area contributed by atoms with Crippen molar-refractivity contribution in [2.75, 3.05) is 5.75 Å². The molecule has 0 fully saturated rings. The summed E-state index contributed by atoms with van der Waals surface area (Å²) in [6, 6.07) is -0.999. The van der Waals surface area contributed by atoms with Crippen LogP contribution in [0.3, 0.4) is 0 Å². The van der Waals surface area contributed by atoms with Crippen molar-refractivity contribution in [3.05, 3.63) is 0 Å². The average molecular weight is 229 g/mol. The van der Waals surface area contributed by atoms with E-state index in [4.69, 9.17) is 19.0 Å². The third kappa shape index (κ3) is 5.08. The zero-order valence-corrected chi connectivity index (χ0v) is 7.66. The summed E-state index contributed by atoms with van der Waals surface area (Å²) in [6.45, 7) is 0. The van der Waals surface area contributed by atoms with Gasteiger partial charge in [0.15, 0.2) is 0 Å². The number of hydrogen-bond acceptors (Lipinski definition) is 5. The molecule has 7 heteroatoms. The van der Waals surface area contributed by atoms with Crippen LogP contribution in [-0.4, -0.2) is 45.2 Å². The van der Waals surface area contributed by atoms with Gasteiger partial charge < -0.3 is 0 Å². The van der Waals surface area contributed by atoms with Gasteiger partial charge in [0.2, 0.25) is 0 Å². The molecule has 1 atom stereocenters. The zero-order valence-electron chi connectivity index (χ0n) is 4.97. The molecular weight excluding hydrogens is 221 g/mol. The van der Waals surface area contributed by atoms with E-state index in [0.29, 0.717) is 0 Å². The molecule has 0 aromatic heterocycles. The third-order valence-corrected chi connectivity index (χ3v) is 3.82. The standard InChI is InChI=1S/C3H8AsNO4S/c5-2(3(6)7)1-10-4(8)9/h2,8-9H,1,5H2,(H,6,7)/t2-/m0/s1. The van der Waals surface area contributed by atoms with Crippen molar-refractivity contribution >= 4 is 30.2 Å². The zero-order chi connectivity index (χ0) is 8.15. The summed E-state index contributed by atoms with van der Waals surface area (Å²) in [5.74, 6) is -1.06. The van der Waals surface area contributed by atoms with Gasteiger partial charge >= 0.3 is 65.8 Å². The van der Waals surface area contributed by atoms with Crippen molar-refractivity contribution < 1.29 is 18.1 Å². The Bertz CT molecular complexity index is 121. The van der Waals surface area contributed by atoms with E-state index in [-0.39, 0.29) is 5.75 Å². The molecule has 0 aromatic rings. The number of aliphatic carboxylic acids is 1. The molecule has 0 saturated carbocycles. The fraction of sp³-hybridized carbons (Fsp3) is 0.667. The summed E-state index contributed by atoms with van der Waals surface area (Å²) in [7, 11) is 0.819. The molecule has 5 N–H and O–H groups in total. The predicted octanol–water partition coefficient (Wildman–Crippen LogP) is -1.90. The van der Waals surface area contributed by atoms with Gasteiger partial charge in [0, 0.05) is 0 Å². The van der Waals surface area contributed by atoms with Crippen molar-refractivity contribution in [1.29, 1.82) is 0 Å². The first-order chi connectivity index (χ1) is 4.54. The maximum absolute atomic E-state index is 10.0. The van der Waals surface area contributed by atoms with E-state index < -0.39 is 26.2 Å². The van der Waals surface area contributed by atoms with Crippen LogP contribution in [0.15, 0.2) is 0 Å². The van der Waals surface area contributed by atoms with E-state index in [0.717, 1.165) is 10.0 Å². The number of rotatable bonds is 4. The first kappa shape index (κ1) is 10.3. The molecule has 0 aromatic carbocycles. The molecule has 0 aliphatic heterocycles. The number of carboxylic acid groups (broad SMARTS) is 1.